The van der Waals surface area contributed by atoms with Crippen molar-refractivity contribution in [3.63, 3.8) is 0 Å². The Labute approximate surface area is 205 Å². The summed E-state index contributed by atoms with van der Waals surface area (Å²) in [5, 5.41) is 34.6. The van der Waals surface area contributed by atoms with E-state index in [4.69, 9.17) is 33.8 Å². The van der Waals surface area contributed by atoms with Crippen molar-refractivity contribution in [1.82, 2.24) is 4.90 Å². The second-order valence-corrected chi connectivity index (χ2v) is 7.50. The smallest absolute Gasteiger partial charge is 0.311 e. The molecule has 1 atom stereocenters. The lowest BCUT2D eigenvalue weighted by Crippen LogP contribution is -2.36. The topological polar surface area (TPSA) is 116 Å². The average Bonchev–Trinajstić information content (AvgIpc) is 3.31. The zero-order valence-corrected chi connectivity index (χ0v) is 19.2. The number of nitrogens with one attached hydrogen (secondary N) is 1. The van der Waals surface area contributed by atoms with Crippen LogP contribution in [-0.4, -0.2) is 43.1 Å². The Hall–Kier alpha value is -4.90. The Morgan fingerprint density at radius 1 is 1.14 bits per heavy atom. The first-order valence-corrected chi connectivity index (χ1v) is 10.9. The normalized spacial score (nSPS) is 18.5. The van der Waals surface area contributed by atoms with Gasteiger partial charge >= 0.3 is 6.04 Å². The fourth-order valence-corrected chi connectivity index (χ4v) is 3.62. The van der Waals surface area contributed by atoms with Crippen LogP contribution in [0, 0.1) is 52.5 Å². The number of rotatable bonds is 8. The largest absolute Gasteiger partial charge is 0.378 e. The first-order valence-electron chi connectivity index (χ1n) is 10.9. The van der Waals surface area contributed by atoms with Crippen LogP contribution < -0.4 is 0 Å². The Kier molecular flexibility index (Phi) is 10.8. The molecular weight excluding hydrogens is 438 g/mol. The molecule has 0 radical (unpaired) electrons. The van der Waals surface area contributed by atoms with Gasteiger partial charge in [0.05, 0.1) is 38.3 Å². The molecule has 8 heteroatoms. The fourth-order valence-electron chi connectivity index (χ4n) is 3.62. The molecular formula is C27H23N7O. The molecule has 1 N–H and O–H groups in total. The van der Waals surface area contributed by atoms with Gasteiger partial charge in [-0.3, -0.25) is 10.3 Å². The SMILES string of the molecule is [C-]#[N+]C(C#N)=CC(=C=N)C=CC=C1CCC(C=CC=C(C#N)CC(C#N)[N+]#[C-])=C1N1CCOCC1. The number of morpholine rings is 1. The molecule has 35 heavy (non-hydrogen) atoms. The standard InChI is InChI=1S/C27H23N7O/c1-32-25(19-30)15-21(17-28)5-3-7-23-9-10-24(27(23)34-11-13-35-14-12-34)8-4-6-22(18-29)16-26(20-31)33-2/h3-8,15,26,28H,9-14,16H2. The molecule has 8 nitrogen and oxygen atoms in total. The predicted octanol–water partition coefficient (Wildman–Crippen LogP) is 4.56. The first kappa shape index (κ1) is 26.4. The minimum absolute atomic E-state index is 0.102. The van der Waals surface area contributed by atoms with Crippen LogP contribution in [0.1, 0.15) is 19.3 Å². The quantitative estimate of drug-likeness (QED) is 0.246. The van der Waals surface area contributed by atoms with E-state index < -0.39 is 6.04 Å². The fraction of sp³-hybridized carbons (Fsp3) is 0.296. The molecule has 1 aliphatic heterocycles. The molecule has 2 rings (SSSR count). The van der Waals surface area contributed by atoms with Crippen LogP contribution in [0.3, 0.4) is 0 Å². The molecule has 0 spiro atoms. The third kappa shape index (κ3) is 7.87. The van der Waals surface area contributed by atoms with E-state index in [0.717, 1.165) is 42.8 Å². The van der Waals surface area contributed by atoms with Crippen molar-refractivity contribution in [3.8, 4) is 18.2 Å². The second kappa shape index (κ2) is 14.3. The van der Waals surface area contributed by atoms with Gasteiger partial charge in [-0.15, -0.1) is 0 Å². The van der Waals surface area contributed by atoms with E-state index in [0.29, 0.717) is 24.4 Å². The molecule has 0 aromatic carbocycles. The molecule has 2 aliphatic rings. The maximum Gasteiger partial charge on any atom is 0.311 e. The third-order valence-corrected chi connectivity index (χ3v) is 5.30. The maximum absolute atomic E-state index is 9.33. The summed E-state index contributed by atoms with van der Waals surface area (Å²) in [5.74, 6) is 2.23. The lowest BCUT2D eigenvalue weighted by molar-refractivity contribution is 0.0547. The minimum Gasteiger partial charge on any atom is -0.378 e. The highest BCUT2D eigenvalue weighted by Gasteiger charge is 2.24. The van der Waals surface area contributed by atoms with Crippen LogP contribution in [-0.2, 0) is 4.74 Å². The monoisotopic (exact) mass is 461 g/mol. The number of ether oxygens (including phenoxy) is 1. The summed E-state index contributed by atoms with van der Waals surface area (Å²) in [7, 11) is 0. The van der Waals surface area contributed by atoms with Gasteiger partial charge in [-0.2, -0.15) is 10.5 Å². The third-order valence-electron chi connectivity index (χ3n) is 5.30. The summed E-state index contributed by atoms with van der Waals surface area (Å²) in [6.45, 7) is 16.8. The van der Waals surface area contributed by atoms with E-state index >= 15 is 0 Å². The summed E-state index contributed by atoms with van der Waals surface area (Å²) in [6.07, 6.45) is 13.8. The van der Waals surface area contributed by atoms with Crippen molar-refractivity contribution in [2.45, 2.75) is 25.3 Å². The summed E-state index contributed by atoms with van der Waals surface area (Å²) < 4.78 is 5.50. The minimum atomic E-state index is -0.862. The van der Waals surface area contributed by atoms with Crippen molar-refractivity contribution in [2.75, 3.05) is 26.3 Å². The van der Waals surface area contributed by atoms with E-state index in [-0.39, 0.29) is 12.1 Å². The Morgan fingerprint density at radius 3 is 2.51 bits per heavy atom. The van der Waals surface area contributed by atoms with Crippen molar-refractivity contribution < 1.29 is 4.74 Å². The maximum atomic E-state index is 9.33. The van der Waals surface area contributed by atoms with Gasteiger partial charge in [0.2, 0.25) is 0 Å². The van der Waals surface area contributed by atoms with Gasteiger partial charge in [0.15, 0.2) is 6.07 Å². The molecule has 0 amide bonds. The second-order valence-electron chi connectivity index (χ2n) is 7.50. The highest BCUT2D eigenvalue weighted by Crippen LogP contribution is 2.35. The zero-order chi connectivity index (χ0) is 25.5. The number of nitriles is 3. The van der Waals surface area contributed by atoms with E-state index in [1.54, 1.807) is 30.4 Å². The Morgan fingerprint density at radius 2 is 1.91 bits per heavy atom. The zero-order valence-electron chi connectivity index (χ0n) is 19.2. The summed E-state index contributed by atoms with van der Waals surface area (Å²) >= 11 is 0. The summed E-state index contributed by atoms with van der Waals surface area (Å²) in [6, 6.07) is 4.86. The van der Waals surface area contributed by atoms with E-state index in [2.05, 4.69) is 26.5 Å². The van der Waals surface area contributed by atoms with Crippen LogP contribution in [0.25, 0.3) is 9.69 Å². The molecule has 1 aliphatic carbocycles. The van der Waals surface area contributed by atoms with E-state index in [1.165, 1.54) is 6.08 Å². The molecule has 1 unspecified atom stereocenters. The molecule has 1 saturated heterocycles. The molecule has 1 fully saturated rings. The highest BCUT2D eigenvalue weighted by molar-refractivity contribution is 5.65. The molecule has 1 heterocycles. The Bertz CT molecular complexity index is 1230. The van der Waals surface area contributed by atoms with Gasteiger partial charge in [0, 0.05) is 29.9 Å². The summed E-state index contributed by atoms with van der Waals surface area (Å²) in [5.41, 5.74) is 3.93. The van der Waals surface area contributed by atoms with Crippen molar-refractivity contribution in [1.29, 1.82) is 21.2 Å². The van der Waals surface area contributed by atoms with Crippen molar-refractivity contribution >= 4 is 5.87 Å². The van der Waals surface area contributed by atoms with Crippen molar-refractivity contribution in [2.24, 2.45) is 0 Å². The predicted molar refractivity (Wildman–Crippen MR) is 131 cm³/mol. The van der Waals surface area contributed by atoms with Gasteiger partial charge in [0.1, 0.15) is 0 Å². The van der Waals surface area contributed by atoms with E-state index in [9.17, 15) is 5.26 Å². The van der Waals surface area contributed by atoms with E-state index in [1.807, 2.05) is 18.2 Å². The van der Waals surface area contributed by atoms with Crippen LogP contribution in [0.2, 0.25) is 0 Å². The van der Waals surface area contributed by atoms with Gasteiger partial charge in [0.25, 0.3) is 5.70 Å². The highest BCUT2D eigenvalue weighted by atomic mass is 16.5. The Balaban J connectivity index is 2.34. The van der Waals surface area contributed by atoms with Crippen LogP contribution in [0.4, 0.5) is 0 Å². The number of allylic oxidation sites excluding steroid dienone is 11. The van der Waals surface area contributed by atoms with Gasteiger partial charge in [-0.25, -0.2) is 16.7 Å². The molecule has 0 bridgehead atoms. The summed E-state index contributed by atoms with van der Waals surface area (Å²) in [4.78, 5) is 8.59. The van der Waals surface area contributed by atoms with Crippen LogP contribution >= 0.6 is 0 Å². The molecule has 172 valence electrons. The van der Waals surface area contributed by atoms with Gasteiger partial charge in [-0.1, -0.05) is 24.3 Å². The lowest BCUT2D eigenvalue weighted by atomic mass is 10.1. The van der Waals surface area contributed by atoms with Gasteiger partial charge in [-0.05, 0) is 48.1 Å². The number of hydrogen-bond donors (Lipinski definition) is 1. The van der Waals surface area contributed by atoms with Crippen molar-refractivity contribution in [3.05, 3.63) is 99.1 Å². The average molecular weight is 462 g/mol. The van der Waals surface area contributed by atoms with Crippen LogP contribution in [0.5, 0.6) is 0 Å². The first-order chi connectivity index (χ1) is 17.1. The number of nitrogens with zero attached hydrogens (tertiary/aromatic N) is 6. The van der Waals surface area contributed by atoms with Gasteiger partial charge < -0.3 is 9.64 Å². The molecule has 0 aromatic rings. The van der Waals surface area contributed by atoms with Crippen LogP contribution in [0.15, 0.2) is 76.2 Å². The number of hydrogen-bond acceptors (Lipinski definition) is 6. The lowest BCUT2D eigenvalue weighted by Gasteiger charge is -2.31. The molecule has 0 aromatic heterocycles. The molecule has 0 saturated carbocycles.